The number of benzene rings is 1. The zero-order chi connectivity index (χ0) is 15.4. The average Bonchev–Trinajstić information content (AvgIpc) is 2.96. The quantitative estimate of drug-likeness (QED) is 0.841. The maximum Gasteiger partial charge on any atom is 0.223 e. The summed E-state index contributed by atoms with van der Waals surface area (Å²) in [5.74, 6) is 1.52. The second kappa shape index (κ2) is 6.85. The molecule has 118 valence electrons. The molecule has 0 N–H and O–H groups in total. The first kappa shape index (κ1) is 14.9. The van der Waals surface area contributed by atoms with Crippen LogP contribution in [0.1, 0.15) is 17.8 Å². The summed E-state index contributed by atoms with van der Waals surface area (Å²) in [6.07, 6.45) is -0.169. The van der Waals surface area contributed by atoms with E-state index in [-0.39, 0.29) is 11.9 Å². The third kappa shape index (κ3) is 3.80. The number of aromatic nitrogens is 2. The fraction of sp³-hybridized carbons (Fsp3) is 0.467. The number of morpholine rings is 1. The first-order chi connectivity index (χ1) is 10.7. The highest BCUT2D eigenvalue weighted by Gasteiger charge is 2.25. The van der Waals surface area contributed by atoms with Gasteiger partial charge in [0.2, 0.25) is 11.7 Å². The van der Waals surface area contributed by atoms with Crippen molar-refractivity contribution < 1.29 is 18.4 Å². The molecule has 0 aliphatic carbocycles. The van der Waals surface area contributed by atoms with Crippen LogP contribution in [0.2, 0.25) is 0 Å². The molecule has 1 aliphatic rings. The third-order valence-electron chi connectivity index (χ3n) is 3.47. The Morgan fingerprint density at radius 2 is 2.18 bits per heavy atom. The fourth-order valence-electron chi connectivity index (χ4n) is 2.33. The van der Waals surface area contributed by atoms with Crippen LogP contribution in [-0.2, 0) is 4.74 Å². The SMILES string of the molecule is Cc1nc(C2CN(CCOc3ccc(F)cc3)CCO2)no1. The molecule has 2 aromatic rings. The minimum absolute atomic E-state index is 0.169. The minimum Gasteiger partial charge on any atom is -0.492 e. The van der Waals surface area contributed by atoms with E-state index in [2.05, 4.69) is 15.0 Å². The van der Waals surface area contributed by atoms with Crippen LogP contribution < -0.4 is 4.74 Å². The van der Waals surface area contributed by atoms with Gasteiger partial charge in [-0.15, -0.1) is 0 Å². The number of hydrogen-bond donors (Lipinski definition) is 0. The number of rotatable bonds is 5. The summed E-state index contributed by atoms with van der Waals surface area (Å²) in [6, 6.07) is 6.02. The molecule has 1 saturated heterocycles. The molecule has 1 aliphatic heterocycles. The van der Waals surface area contributed by atoms with Crippen molar-refractivity contribution in [2.24, 2.45) is 0 Å². The van der Waals surface area contributed by atoms with E-state index in [1.54, 1.807) is 19.1 Å². The van der Waals surface area contributed by atoms with E-state index in [0.29, 0.717) is 37.2 Å². The van der Waals surface area contributed by atoms with Crippen LogP contribution in [0, 0.1) is 12.7 Å². The first-order valence-corrected chi connectivity index (χ1v) is 7.23. The van der Waals surface area contributed by atoms with E-state index < -0.39 is 0 Å². The van der Waals surface area contributed by atoms with E-state index in [9.17, 15) is 4.39 Å². The summed E-state index contributed by atoms with van der Waals surface area (Å²) < 4.78 is 29.1. The highest BCUT2D eigenvalue weighted by Crippen LogP contribution is 2.19. The van der Waals surface area contributed by atoms with Gasteiger partial charge in [0.05, 0.1) is 6.61 Å². The van der Waals surface area contributed by atoms with E-state index in [4.69, 9.17) is 14.0 Å². The Bertz CT molecular complexity index is 602. The Labute approximate surface area is 127 Å². The number of halogens is 1. The molecule has 0 amide bonds. The molecule has 1 aromatic heterocycles. The molecule has 1 atom stereocenters. The van der Waals surface area contributed by atoms with Gasteiger partial charge < -0.3 is 14.0 Å². The van der Waals surface area contributed by atoms with Crippen molar-refractivity contribution in [3.05, 3.63) is 41.8 Å². The topological polar surface area (TPSA) is 60.6 Å². The lowest BCUT2D eigenvalue weighted by atomic mass is 10.2. The Kier molecular flexibility index (Phi) is 4.65. The van der Waals surface area contributed by atoms with Crippen LogP contribution in [0.3, 0.4) is 0 Å². The van der Waals surface area contributed by atoms with Crippen molar-refractivity contribution in [1.82, 2.24) is 15.0 Å². The highest BCUT2D eigenvalue weighted by atomic mass is 19.1. The van der Waals surface area contributed by atoms with E-state index in [1.807, 2.05) is 0 Å². The van der Waals surface area contributed by atoms with Gasteiger partial charge in [-0.1, -0.05) is 5.16 Å². The van der Waals surface area contributed by atoms with Gasteiger partial charge in [0.25, 0.3) is 0 Å². The second-order valence-corrected chi connectivity index (χ2v) is 5.13. The average molecular weight is 307 g/mol. The van der Waals surface area contributed by atoms with Crippen LogP contribution in [0.4, 0.5) is 4.39 Å². The predicted molar refractivity (Wildman–Crippen MR) is 76.1 cm³/mol. The maximum absolute atomic E-state index is 12.8. The number of aryl methyl sites for hydroxylation is 1. The van der Waals surface area contributed by atoms with E-state index >= 15 is 0 Å². The molecule has 1 unspecified atom stereocenters. The zero-order valence-electron chi connectivity index (χ0n) is 12.4. The molecule has 0 radical (unpaired) electrons. The summed E-state index contributed by atoms with van der Waals surface area (Å²) in [7, 11) is 0. The largest absolute Gasteiger partial charge is 0.492 e. The predicted octanol–water partition coefficient (Wildman–Crippen LogP) is 1.97. The normalized spacial score (nSPS) is 19.3. The van der Waals surface area contributed by atoms with Gasteiger partial charge in [0.15, 0.2) is 0 Å². The molecule has 6 nitrogen and oxygen atoms in total. The lowest BCUT2D eigenvalue weighted by Gasteiger charge is -2.31. The molecule has 0 saturated carbocycles. The van der Waals surface area contributed by atoms with Gasteiger partial charge in [0.1, 0.15) is 24.3 Å². The van der Waals surface area contributed by atoms with Gasteiger partial charge in [0, 0.05) is 26.6 Å². The maximum atomic E-state index is 12.8. The van der Waals surface area contributed by atoms with Crippen molar-refractivity contribution in [2.75, 3.05) is 32.8 Å². The smallest absolute Gasteiger partial charge is 0.223 e. The van der Waals surface area contributed by atoms with E-state index in [1.165, 1.54) is 12.1 Å². The Morgan fingerprint density at radius 3 is 2.91 bits per heavy atom. The molecule has 2 heterocycles. The molecular formula is C15H18FN3O3. The summed E-state index contributed by atoms with van der Waals surface area (Å²) in [5, 5.41) is 3.91. The van der Waals surface area contributed by atoms with Crippen molar-refractivity contribution in [3.63, 3.8) is 0 Å². The van der Waals surface area contributed by atoms with Crippen LogP contribution in [-0.4, -0.2) is 47.9 Å². The molecule has 0 spiro atoms. The van der Waals surface area contributed by atoms with Crippen molar-refractivity contribution in [3.8, 4) is 5.75 Å². The molecule has 0 bridgehead atoms. The van der Waals surface area contributed by atoms with Crippen molar-refractivity contribution in [1.29, 1.82) is 0 Å². The molecule has 1 fully saturated rings. The van der Waals surface area contributed by atoms with E-state index in [0.717, 1.165) is 13.1 Å². The standard InChI is InChI=1S/C15H18FN3O3/c1-11-17-15(18-22-11)14-10-19(7-9-21-14)6-8-20-13-4-2-12(16)3-5-13/h2-5,14H,6-10H2,1H3. The summed E-state index contributed by atoms with van der Waals surface area (Å²) in [6.45, 7) is 5.20. The number of nitrogens with zero attached hydrogens (tertiary/aromatic N) is 3. The first-order valence-electron chi connectivity index (χ1n) is 7.23. The minimum atomic E-state index is -0.265. The Balaban J connectivity index is 1.47. The summed E-state index contributed by atoms with van der Waals surface area (Å²) in [4.78, 5) is 6.43. The van der Waals surface area contributed by atoms with Crippen LogP contribution in [0.5, 0.6) is 5.75 Å². The molecule has 3 rings (SSSR count). The summed E-state index contributed by atoms with van der Waals surface area (Å²) >= 11 is 0. The lowest BCUT2D eigenvalue weighted by Crippen LogP contribution is -2.40. The Hall–Kier alpha value is -1.99. The van der Waals surface area contributed by atoms with Gasteiger partial charge >= 0.3 is 0 Å². The fourth-order valence-corrected chi connectivity index (χ4v) is 2.33. The third-order valence-corrected chi connectivity index (χ3v) is 3.47. The molecule has 1 aromatic carbocycles. The second-order valence-electron chi connectivity index (χ2n) is 5.13. The van der Waals surface area contributed by atoms with Crippen molar-refractivity contribution in [2.45, 2.75) is 13.0 Å². The Morgan fingerprint density at radius 1 is 1.36 bits per heavy atom. The van der Waals surface area contributed by atoms with Gasteiger partial charge in [-0.05, 0) is 24.3 Å². The highest BCUT2D eigenvalue weighted by molar-refractivity contribution is 5.21. The van der Waals surface area contributed by atoms with Gasteiger partial charge in [-0.2, -0.15) is 4.98 Å². The van der Waals surface area contributed by atoms with Gasteiger partial charge in [-0.3, -0.25) is 4.90 Å². The van der Waals surface area contributed by atoms with Crippen LogP contribution in [0.15, 0.2) is 28.8 Å². The van der Waals surface area contributed by atoms with Crippen LogP contribution >= 0.6 is 0 Å². The lowest BCUT2D eigenvalue weighted by molar-refractivity contribution is -0.0379. The van der Waals surface area contributed by atoms with Crippen molar-refractivity contribution >= 4 is 0 Å². The molecular weight excluding hydrogens is 289 g/mol. The molecule has 22 heavy (non-hydrogen) atoms. The zero-order valence-corrected chi connectivity index (χ0v) is 12.4. The molecule has 7 heteroatoms. The van der Waals surface area contributed by atoms with Gasteiger partial charge in [-0.25, -0.2) is 4.39 Å². The number of ether oxygens (including phenoxy) is 2. The number of hydrogen-bond acceptors (Lipinski definition) is 6. The monoisotopic (exact) mass is 307 g/mol. The summed E-state index contributed by atoms with van der Waals surface area (Å²) in [5.41, 5.74) is 0. The van der Waals surface area contributed by atoms with Crippen LogP contribution in [0.25, 0.3) is 0 Å².